The van der Waals surface area contributed by atoms with E-state index in [9.17, 15) is 4.79 Å². The Kier molecular flexibility index (Phi) is 5.48. The van der Waals surface area contributed by atoms with Gasteiger partial charge >= 0.3 is 0 Å². The second-order valence-corrected chi connectivity index (χ2v) is 6.41. The lowest BCUT2D eigenvalue weighted by atomic mass is 10.2. The zero-order valence-electron chi connectivity index (χ0n) is 12.8. The number of aliphatic imine (C=N–C) groups is 1. The smallest absolute Gasteiger partial charge is 0.257 e. The average molecular weight is 396 g/mol. The van der Waals surface area contributed by atoms with Crippen molar-refractivity contribution in [3.63, 3.8) is 0 Å². The summed E-state index contributed by atoms with van der Waals surface area (Å²) in [5.74, 6) is -0.345. The Morgan fingerprint density at radius 2 is 1.80 bits per heavy atom. The number of carbonyl (C=O) groups excluding carboxylic acids is 1. The van der Waals surface area contributed by atoms with Gasteiger partial charge in [0.15, 0.2) is 6.17 Å². The summed E-state index contributed by atoms with van der Waals surface area (Å²) in [4.78, 5) is 16.5. The first-order valence-electron chi connectivity index (χ1n) is 7.30. The van der Waals surface area contributed by atoms with Gasteiger partial charge in [-0.15, -0.1) is 0 Å². The molecule has 1 unspecified atom stereocenters. The van der Waals surface area contributed by atoms with Crippen molar-refractivity contribution in [1.29, 1.82) is 0 Å². The van der Waals surface area contributed by atoms with E-state index in [-0.39, 0.29) is 5.91 Å². The molecule has 0 spiro atoms. The van der Waals surface area contributed by atoms with Gasteiger partial charge in [-0.1, -0.05) is 35.3 Å². The lowest BCUT2D eigenvalue weighted by Crippen LogP contribution is -2.43. The summed E-state index contributed by atoms with van der Waals surface area (Å²) in [6.07, 6.45) is 2.45. The fraction of sp³-hybridized carbons (Fsp3) is 0.0588. The maximum Gasteiger partial charge on any atom is 0.257 e. The van der Waals surface area contributed by atoms with E-state index in [1.165, 1.54) is 17.0 Å². The van der Waals surface area contributed by atoms with Crippen LogP contribution in [0.15, 0.2) is 65.4 Å². The van der Waals surface area contributed by atoms with E-state index in [4.69, 9.17) is 35.0 Å². The first kappa shape index (κ1) is 17.6. The summed E-state index contributed by atoms with van der Waals surface area (Å²) in [6, 6.07) is 13.9. The van der Waals surface area contributed by atoms with Crippen molar-refractivity contribution in [3.8, 4) is 0 Å². The van der Waals surface area contributed by atoms with E-state index < -0.39 is 6.17 Å². The Morgan fingerprint density at radius 1 is 1.08 bits per heavy atom. The van der Waals surface area contributed by atoms with E-state index in [1.54, 1.807) is 36.4 Å². The van der Waals surface area contributed by atoms with E-state index >= 15 is 0 Å². The molecule has 0 saturated carbocycles. The summed E-state index contributed by atoms with van der Waals surface area (Å²) in [7, 11) is 0. The van der Waals surface area contributed by atoms with Crippen molar-refractivity contribution in [2.75, 3.05) is 5.32 Å². The standard InChI is InChI=1S/C17H13Cl3N4O/c18-11-5-7-12(8-6-11)22-16-15(9-21-10-24(16)20)23-17(25)13-3-1-2-4-14(13)19/h1-10,16,22H,(H,23,25). The van der Waals surface area contributed by atoms with E-state index in [1.807, 2.05) is 12.1 Å². The number of halogens is 3. The van der Waals surface area contributed by atoms with E-state index in [0.717, 1.165) is 5.69 Å². The molecule has 1 aliphatic heterocycles. The molecule has 1 heterocycles. The number of benzene rings is 2. The average Bonchev–Trinajstić information content (AvgIpc) is 2.60. The summed E-state index contributed by atoms with van der Waals surface area (Å²) in [5.41, 5.74) is 1.64. The molecule has 1 atom stereocenters. The van der Waals surface area contributed by atoms with E-state index in [0.29, 0.717) is 21.3 Å². The SMILES string of the molecule is O=C(NC1=CN=CN(Cl)C1Nc1ccc(Cl)cc1)c1ccccc1Cl. The minimum atomic E-state index is -0.522. The summed E-state index contributed by atoms with van der Waals surface area (Å²) < 4.78 is 1.33. The number of anilines is 1. The van der Waals surface area contributed by atoms with Crippen LogP contribution in [0.1, 0.15) is 10.4 Å². The molecule has 0 saturated heterocycles. The number of hydrogen-bond donors (Lipinski definition) is 2. The molecule has 0 bridgehead atoms. The fourth-order valence-corrected chi connectivity index (χ4v) is 2.79. The summed E-state index contributed by atoms with van der Waals surface area (Å²) in [5, 5.41) is 7.00. The van der Waals surface area contributed by atoms with Crippen LogP contribution in [0.4, 0.5) is 5.69 Å². The highest BCUT2D eigenvalue weighted by Crippen LogP contribution is 2.21. The number of hydrogen-bond acceptors (Lipinski definition) is 4. The molecule has 0 radical (unpaired) electrons. The number of nitrogens with one attached hydrogen (secondary N) is 2. The normalized spacial score (nSPS) is 16.4. The summed E-state index contributed by atoms with van der Waals surface area (Å²) >= 11 is 18.2. The van der Waals surface area contributed by atoms with Crippen LogP contribution in [0.25, 0.3) is 0 Å². The molecule has 2 N–H and O–H groups in total. The van der Waals surface area contributed by atoms with Crippen LogP contribution in [0.3, 0.4) is 0 Å². The number of rotatable bonds is 4. The Bertz CT molecular complexity index is 836. The van der Waals surface area contributed by atoms with Crippen LogP contribution < -0.4 is 10.6 Å². The van der Waals surface area contributed by atoms with Crippen LogP contribution in [-0.2, 0) is 0 Å². The topological polar surface area (TPSA) is 56.7 Å². The van der Waals surface area contributed by atoms with Crippen LogP contribution in [0.2, 0.25) is 10.0 Å². The van der Waals surface area contributed by atoms with Gasteiger partial charge in [-0.05, 0) is 36.4 Å². The van der Waals surface area contributed by atoms with Crippen LogP contribution >= 0.6 is 35.0 Å². The molecular weight excluding hydrogens is 383 g/mol. The molecule has 1 aliphatic rings. The summed E-state index contributed by atoms with van der Waals surface area (Å²) in [6.45, 7) is 0. The third kappa shape index (κ3) is 4.25. The van der Waals surface area contributed by atoms with Gasteiger partial charge in [-0.2, -0.15) is 0 Å². The zero-order chi connectivity index (χ0) is 17.8. The first-order chi connectivity index (χ1) is 12.0. The number of nitrogens with zero attached hydrogens (tertiary/aromatic N) is 2. The van der Waals surface area contributed by atoms with Crippen LogP contribution in [0.5, 0.6) is 0 Å². The molecule has 0 aromatic heterocycles. The Labute approximate surface area is 160 Å². The molecule has 2 aromatic carbocycles. The molecule has 128 valence electrons. The molecule has 8 heteroatoms. The molecule has 5 nitrogen and oxygen atoms in total. The third-order valence-electron chi connectivity index (χ3n) is 3.46. The molecule has 3 rings (SSSR count). The van der Waals surface area contributed by atoms with Crippen molar-refractivity contribution >= 4 is 52.9 Å². The van der Waals surface area contributed by atoms with Gasteiger partial charge in [0.1, 0.15) is 6.34 Å². The molecular formula is C17H13Cl3N4O. The Hall–Kier alpha value is -2.21. The number of amides is 1. The minimum absolute atomic E-state index is 0.345. The second kappa shape index (κ2) is 7.78. The third-order valence-corrected chi connectivity index (χ3v) is 4.32. The lowest BCUT2D eigenvalue weighted by Gasteiger charge is -2.29. The van der Waals surface area contributed by atoms with Gasteiger partial charge in [0.2, 0.25) is 0 Å². The van der Waals surface area contributed by atoms with Crippen molar-refractivity contribution in [2.45, 2.75) is 6.17 Å². The predicted molar refractivity (Wildman–Crippen MR) is 102 cm³/mol. The maximum absolute atomic E-state index is 12.5. The minimum Gasteiger partial charge on any atom is -0.359 e. The van der Waals surface area contributed by atoms with Gasteiger partial charge in [0.25, 0.3) is 5.91 Å². The second-order valence-electron chi connectivity index (χ2n) is 5.18. The lowest BCUT2D eigenvalue weighted by molar-refractivity contribution is 0.0962. The highest BCUT2D eigenvalue weighted by Gasteiger charge is 2.24. The van der Waals surface area contributed by atoms with Crippen molar-refractivity contribution in [2.24, 2.45) is 4.99 Å². The highest BCUT2D eigenvalue weighted by atomic mass is 35.5. The van der Waals surface area contributed by atoms with Crippen LogP contribution in [0, 0.1) is 0 Å². The van der Waals surface area contributed by atoms with Gasteiger partial charge in [0, 0.05) is 22.5 Å². The quantitative estimate of drug-likeness (QED) is 0.749. The van der Waals surface area contributed by atoms with Gasteiger partial charge in [0.05, 0.1) is 22.5 Å². The zero-order valence-corrected chi connectivity index (χ0v) is 15.1. The number of carbonyl (C=O) groups is 1. The van der Waals surface area contributed by atoms with Crippen molar-refractivity contribution < 1.29 is 4.79 Å². The van der Waals surface area contributed by atoms with Crippen molar-refractivity contribution in [1.82, 2.24) is 9.74 Å². The van der Waals surface area contributed by atoms with Crippen LogP contribution in [-0.4, -0.2) is 22.8 Å². The van der Waals surface area contributed by atoms with Gasteiger partial charge in [-0.25, -0.2) is 9.41 Å². The molecule has 2 aromatic rings. The molecule has 0 fully saturated rings. The maximum atomic E-state index is 12.5. The van der Waals surface area contributed by atoms with Gasteiger partial charge in [-0.3, -0.25) is 4.79 Å². The Morgan fingerprint density at radius 3 is 2.52 bits per heavy atom. The molecule has 0 aliphatic carbocycles. The largest absolute Gasteiger partial charge is 0.359 e. The highest BCUT2D eigenvalue weighted by molar-refractivity contribution is 6.33. The molecule has 1 amide bonds. The van der Waals surface area contributed by atoms with Crippen molar-refractivity contribution in [3.05, 3.63) is 76.0 Å². The fourth-order valence-electron chi connectivity index (χ4n) is 2.24. The van der Waals surface area contributed by atoms with E-state index in [2.05, 4.69) is 15.6 Å². The Balaban J connectivity index is 1.79. The molecule has 25 heavy (non-hydrogen) atoms. The predicted octanol–water partition coefficient (Wildman–Crippen LogP) is 4.50. The monoisotopic (exact) mass is 394 g/mol. The van der Waals surface area contributed by atoms with Gasteiger partial charge < -0.3 is 10.6 Å². The first-order valence-corrected chi connectivity index (χ1v) is 8.39.